The first-order valence-corrected chi connectivity index (χ1v) is 7.10. The van der Waals surface area contributed by atoms with Crippen molar-refractivity contribution in [3.63, 3.8) is 0 Å². The topological polar surface area (TPSA) is 78.4 Å². The average Bonchev–Trinajstić information content (AvgIpc) is 2.44. The monoisotopic (exact) mass is 290 g/mol. The van der Waals surface area contributed by atoms with E-state index in [1.807, 2.05) is 6.92 Å². The zero-order chi connectivity index (χ0) is 15.7. The van der Waals surface area contributed by atoms with E-state index in [0.717, 1.165) is 30.9 Å². The average molecular weight is 290 g/mol. The molecular formula is C16H22N2O3. The zero-order valence-corrected chi connectivity index (χ0v) is 12.4. The van der Waals surface area contributed by atoms with Crippen LogP contribution in [0.3, 0.4) is 0 Å². The van der Waals surface area contributed by atoms with E-state index >= 15 is 0 Å². The lowest BCUT2D eigenvalue weighted by Gasteiger charge is -2.14. The summed E-state index contributed by atoms with van der Waals surface area (Å²) in [6.07, 6.45) is 5.73. The SMILES string of the molecule is CCCCC(C)NC(=O)Nc1ccc(C=CC(=O)O)cc1. The van der Waals surface area contributed by atoms with E-state index < -0.39 is 5.97 Å². The summed E-state index contributed by atoms with van der Waals surface area (Å²) < 4.78 is 0. The highest BCUT2D eigenvalue weighted by Gasteiger charge is 2.06. The molecule has 0 bridgehead atoms. The van der Waals surface area contributed by atoms with Gasteiger partial charge in [-0.3, -0.25) is 0 Å². The minimum absolute atomic E-state index is 0.141. The van der Waals surface area contributed by atoms with Crippen LogP contribution in [-0.2, 0) is 4.79 Å². The highest BCUT2D eigenvalue weighted by atomic mass is 16.4. The molecule has 5 heteroatoms. The third-order valence-corrected chi connectivity index (χ3v) is 2.96. The minimum Gasteiger partial charge on any atom is -0.478 e. The number of aliphatic carboxylic acids is 1. The number of anilines is 1. The van der Waals surface area contributed by atoms with Gasteiger partial charge in [-0.1, -0.05) is 31.9 Å². The second-order valence-corrected chi connectivity index (χ2v) is 4.94. The van der Waals surface area contributed by atoms with Crippen LogP contribution in [0.2, 0.25) is 0 Å². The van der Waals surface area contributed by atoms with Crippen LogP contribution < -0.4 is 10.6 Å². The maximum atomic E-state index is 11.8. The van der Waals surface area contributed by atoms with E-state index in [0.29, 0.717) is 5.69 Å². The van der Waals surface area contributed by atoms with E-state index in [1.54, 1.807) is 24.3 Å². The molecule has 0 aliphatic rings. The molecule has 1 unspecified atom stereocenters. The Morgan fingerprint density at radius 3 is 2.52 bits per heavy atom. The second kappa shape index (κ2) is 8.79. The molecule has 114 valence electrons. The number of carboxylic acids is 1. The quantitative estimate of drug-likeness (QED) is 0.673. The van der Waals surface area contributed by atoms with Crippen LogP contribution in [0, 0.1) is 0 Å². The van der Waals surface area contributed by atoms with E-state index in [2.05, 4.69) is 17.6 Å². The molecule has 0 saturated heterocycles. The van der Waals surface area contributed by atoms with Crippen molar-refractivity contribution in [1.29, 1.82) is 0 Å². The number of hydrogen-bond acceptors (Lipinski definition) is 2. The lowest BCUT2D eigenvalue weighted by molar-refractivity contribution is -0.131. The van der Waals surface area contributed by atoms with Crippen LogP contribution in [0.25, 0.3) is 6.08 Å². The first-order chi connectivity index (χ1) is 10.0. The summed E-state index contributed by atoms with van der Waals surface area (Å²) in [5, 5.41) is 14.2. The molecule has 5 nitrogen and oxygen atoms in total. The summed E-state index contributed by atoms with van der Waals surface area (Å²) in [4.78, 5) is 22.2. The normalized spacial score (nSPS) is 12.1. The molecule has 1 aromatic carbocycles. The summed E-state index contributed by atoms with van der Waals surface area (Å²) in [6.45, 7) is 4.10. The largest absolute Gasteiger partial charge is 0.478 e. The lowest BCUT2D eigenvalue weighted by Crippen LogP contribution is -2.36. The smallest absolute Gasteiger partial charge is 0.328 e. The Balaban J connectivity index is 2.48. The molecule has 1 atom stereocenters. The van der Waals surface area contributed by atoms with Gasteiger partial charge in [0.05, 0.1) is 0 Å². The van der Waals surface area contributed by atoms with Crippen molar-refractivity contribution >= 4 is 23.8 Å². The maximum Gasteiger partial charge on any atom is 0.328 e. The van der Waals surface area contributed by atoms with Gasteiger partial charge in [-0.15, -0.1) is 0 Å². The standard InChI is InChI=1S/C16H22N2O3/c1-3-4-5-12(2)17-16(21)18-14-9-6-13(7-10-14)8-11-15(19)20/h6-12H,3-5H2,1-2H3,(H,19,20)(H2,17,18,21). The molecule has 2 amide bonds. The Morgan fingerprint density at radius 2 is 1.95 bits per heavy atom. The minimum atomic E-state index is -0.988. The summed E-state index contributed by atoms with van der Waals surface area (Å²) >= 11 is 0. The molecule has 0 aromatic heterocycles. The molecule has 21 heavy (non-hydrogen) atoms. The molecular weight excluding hydrogens is 268 g/mol. The number of benzene rings is 1. The fourth-order valence-corrected chi connectivity index (χ4v) is 1.82. The number of carboxylic acid groups (broad SMARTS) is 1. The van der Waals surface area contributed by atoms with Crippen molar-refractivity contribution in [3.8, 4) is 0 Å². The predicted octanol–water partition coefficient (Wildman–Crippen LogP) is 3.48. The molecule has 0 radical (unpaired) electrons. The van der Waals surface area contributed by atoms with Crippen LogP contribution >= 0.6 is 0 Å². The molecule has 0 aliphatic heterocycles. The number of hydrogen-bond donors (Lipinski definition) is 3. The fraction of sp³-hybridized carbons (Fsp3) is 0.375. The number of carbonyl (C=O) groups excluding carboxylic acids is 1. The molecule has 0 heterocycles. The van der Waals surface area contributed by atoms with Crippen molar-refractivity contribution in [1.82, 2.24) is 5.32 Å². The van der Waals surface area contributed by atoms with E-state index in [9.17, 15) is 9.59 Å². The van der Waals surface area contributed by atoms with Crippen LogP contribution in [0.5, 0.6) is 0 Å². The molecule has 3 N–H and O–H groups in total. The first-order valence-electron chi connectivity index (χ1n) is 7.10. The Morgan fingerprint density at radius 1 is 1.29 bits per heavy atom. The van der Waals surface area contributed by atoms with Crippen molar-refractivity contribution in [2.75, 3.05) is 5.32 Å². The molecule has 0 fully saturated rings. The molecule has 1 rings (SSSR count). The third kappa shape index (κ3) is 7.15. The summed E-state index contributed by atoms with van der Waals surface area (Å²) in [6, 6.07) is 6.87. The van der Waals surface area contributed by atoms with Crippen molar-refractivity contribution in [2.45, 2.75) is 39.2 Å². The number of amides is 2. The Hall–Kier alpha value is -2.30. The maximum absolute atomic E-state index is 11.8. The van der Waals surface area contributed by atoms with Crippen LogP contribution in [-0.4, -0.2) is 23.1 Å². The van der Waals surface area contributed by atoms with Crippen LogP contribution in [0.4, 0.5) is 10.5 Å². The number of urea groups is 1. The van der Waals surface area contributed by atoms with E-state index in [1.165, 1.54) is 6.08 Å². The van der Waals surface area contributed by atoms with Gasteiger partial charge in [0.2, 0.25) is 0 Å². The number of carbonyl (C=O) groups is 2. The van der Waals surface area contributed by atoms with E-state index in [-0.39, 0.29) is 12.1 Å². The molecule has 1 aromatic rings. The van der Waals surface area contributed by atoms with Gasteiger partial charge in [-0.05, 0) is 37.1 Å². The summed E-state index contributed by atoms with van der Waals surface area (Å²) in [5.41, 5.74) is 1.43. The van der Waals surface area contributed by atoms with Gasteiger partial charge in [-0.2, -0.15) is 0 Å². The summed E-state index contributed by atoms with van der Waals surface area (Å²) in [7, 11) is 0. The Kier molecular flexibility index (Phi) is 7.01. The fourth-order valence-electron chi connectivity index (χ4n) is 1.82. The lowest BCUT2D eigenvalue weighted by atomic mass is 10.1. The molecule has 0 spiro atoms. The van der Waals surface area contributed by atoms with Gasteiger partial charge in [0.1, 0.15) is 0 Å². The number of unbranched alkanes of at least 4 members (excludes halogenated alkanes) is 1. The predicted molar refractivity (Wildman–Crippen MR) is 84.3 cm³/mol. The van der Waals surface area contributed by atoms with Crippen molar-refractivity contribution in [2.24, 2.45) is 0 Å². The highest BCUT2D eigenvalue weighted by molar-refractivity contribution is 5.89. The van der Waals surface area contributed by atoms with Crippen LogP contribution in [0.15, 0.2) is 30.3 Å². The van der Waals surface area contributed by atoms with Gasteiger partial charge in [-0.25, -0.2) is 9.59 Å². The van der Waals surface area contributed by atoms with E-state index in [4.69, 9.17) is 5.11 Å². The van der Waals surface area contributed by atoms with Gasteiger partial charge in [0.25, 0.3) is 0 Å². The van der Waals surface area contributed by atoms with Gasteiger partial charge in [0, 0.05) is 17.8 Å². The van der Waals surface area contributed by atoms with Gasteiger partial charge in [0.15, 0.2) is 0 Å². The van der Waals surface area contributed by atoms with Gasteiger partial charge >= 0.3 is 12.0 Å². The highest BCUT2D eigenvalue weighted by Crippen LogP contribution is 2.11. The molecule has 0 aliphatic carbocycles. The zero-order valence-electron chi connectivity index (χ0n) is 12.4. The Labute approximate surface area is 125 Å². The second-order valence-electron chi connectivity index (χ2n) is 4.94. The van der Waals surface area contributed by atoms with Crippen LogP contribution in [0.1, 0.15) is 38.7 Å². The summed E-state index contributed by atoms with van der Waals surface area (Å²) in [5.74, 6) is -0.988. The molecule has 0 saturated carbocycles. The number of nitrogens with one attached hydrogen (secondary N) is 2. The number of rotatable bonds is 7. The Bertz CT molecular complexity index is 495. The van der Waals surface area contributed by atoms with Gasteiger partial charge < -0.3 is 15.7 Å². The first kappa shape index (κ1) is 16.8. The third-order valence-electron chi connectivity index (χ3n) is 2.96. The van der Waals surface area contributed by atoms with Crippen molar-refractivity contribution in [3.05, 3.63) is 35.9 Å². The van der Waals surface area contributed by atoms with Crippen molar-refractivity contribution < 1.29 is 14.7 Å².